The van der Waals surface area contributed by atoms with Gasteiger partial charge in [-0.1, -0.05) is 12.1 Å². The van der Waals surface area contributed by atoms with Crippen LogP contribution in [0.15, 0.2) is 41.1 Å². The normalized spacial score (nSPS) is 12.1. The van der Waals surface area contributed by atoms with E-state index in [1.165, 1.54) is 23.5 Å². The first-order valence-electron chi connectivity index (χ1n) is 5.86. The lowest BCUT2D eigenvalue weighted by molar-refractivity contribution is -0.120. The molecule has 2 rings (SSSR count). The lowest BCUT2D eigenvalue weighted by atomic mass is 10.1. The molecule has 1 aromatic heterocycles. The maximum absolute atomic E-state index is 12.7. The van der Waals surface area contributed by atoms with E-state index in [1.807, 2.05) is 16.8 Å². The van der Waals surface area contributed by atoms with Crippen molar-refractivity contribution in [3.05, 3.63) is 58.0 Å². The Kier molecular flexibility index (Phi) is 4.65. The van der Waals surface area contributed by atoms with Gasteiger partial charge in [0.2, 0.25) is 5.91 Å². The first-order chi connectivity index (χ1) is 9.15. The minimum Gasteiger partial charge on any atom is -0.387 e. The van der Waals surface area contributed by atoms with Crippen molar-refractivity contribution in [2.45, 2.75) is 12.5 Å². The summed E-state index contributed by atoms with van der Waals surface area (Å²) in [5.74, 6) is -0.516. The molecule has 1 atom stereocenters. The van der Waals surface area contributed by atoms with E-state index >= 15 is 0 Å². The number of thiophene rings is 1. The van der Waals surface area contributed by atoms with Gasteiger partial charge in [-0.3, -0.25) is 4.79 Å². The Morgan fingerprint density at radius 2 is 2.05 bits per heavy atom. The highest BCUT2D eigenvalue weighted by atomic mass is 32.1. The van der Waals surface area contributed by atoms with Crippen LogP contribution in [0, 0.1) is 5.82 Å². The number of amides is 1. The summed E-state index contributed by atoms with van der Waals surface area (Å²) in [6.45, 7) is 0.177. The Morgan fingerprint density at radius 3 is 2.68 bits per heavy atom. The van der Waals surface area contributed by atoms with Crippen molar-refractivity contribution in [2.24, 2.45) is 0 Å². The zero-order chi connectivity index (χ0) is 13.7. The van der Waals surface area contributed by atoms with Gasteiger partial charge in [-0.25, -0.2) is 4.39 Å². The number of aliphatic hydroxyl groups excluding tert-OH is 1. The smallest absolute Gasteiger partial charge is 0.224 e. The number of benzene rings is 1. The molecule has 19 heavy (non-hydrogen) atoms. The molecule has 100 valence electrons. The van der Waals surface area contributed by atoms with Crippen LogP contribution in [0.25, 0.3) is 0 Å². The molecule has 2 aromatic rings. The highest BCUT2D eigenvalue weighted by Crippen LogP contribution is 2.15. The summed E-state index contributed by atoms with van der Waals surface area (Å²) < 4.78 is 12.7. The molecular formula is C14H14FNO2S. The summed E-state index contributed by atoms with van der Waals surface area (Å²) >= 11 is 1.50. The molecule has 0 saturated heterocycles. The number of hydrogen-bond donors (Lipinski definition) is 2. The van der Waals surface area contributed by atoms with Gasteiger partial charge in [0.1, 0.15) is 5.82 Å². The van der Waals surface area contributed by atoms with Gasteiger partial charge in [0, 0.05) is 6.54 Å². The lowest BCUT2D eigenvalue weighted by Gasteiger charge is -2.10. The quantitative estimate of drug-likeness (QED) is 0.882. The highest BCUT2D eigenvalue weighted by Gasteiger charge is 2.10. The Morgan fingerprint density at radius 1 is 1.32 bits per heavy atom. The van der Waals surface area contributed by atoms with Crippen molar-refractivity contribution in [2.75, 3.05) is 6.54 Å². The van der Waals surface area contributed by atoms with Gasteiger partial charge >= 0.3 is 0 Å². The van der Waals surface area contributed by atoms with Crippen LogP contribution >= 0.6 is 11.3 Å². The van der Waals surface area contributed by atoms with E-state index in [4.69, 9.17) is 0 Å². The first kappa shape index (κ1) is 13.7. The molecule has 0 spiro atoms. The summed E-state index contributed by atoms with van der Waals surface area (Å²) in [5.41, 5.74) is 1.54. The second-order valence-electron chi connectivity index (χ2n) is 4.18. The van der Waals surface area contributed by atoms with Gasteiger partial charge in [0.25, 0.3) is 0 Å². The van der Waals surface area contributed by atoms with Gasteiger partial charge < -0.3 is 10.4 Å². The topological polar surface area (TPSA) is 49.3 Å². The average molecular weight is 279 g/mol. The van der Waals surface area contributed by atoms with Crippen LogP contribution < -0.4 is 5.32 Å². The summed E-state index contributed by atoms with van der Waals surface area (Å²) in [6.07, 6.45) is -0.514. The van der Waals surface area contributed by atoms with E-state index in [9.17, 15) is 14.3 Å². The Hall–Kier alpha value is -1.72. The lowest BCUT2D eigenvalue weighted by Crippen LogP contribution is -2.29. The number of carbonyl (C=O) groups is 1. The van der Waals surface area contributed by atoms with Gasteiger partial charge in [-0.05, 0) is 40.1 Å². The monoisotopic (exact) mass is 279 g/mol. The van der Waals surface area contributed by atoms with Crippen LogP contribution in [-0.2, 0) is 11.2 Å². The highest BCUT2D eigenvalue weighted by molar-refractivity contribution is 7.07. The van der Waals surface area contributed by atoms with E-state index in [0.29, 0.717) is 0 Å². The molecule has 0 saturated carbocycles. The maximum Gasteiger partial charge on any atom is 0.224 e. The molecule has 1 heterocycles. The van der Waals surface area contributed by atoms with E-state index in [2.05, 4.69) is 5.32 Å². The van der Waals surface area contributed by atoms with Crippen molar-refractivity contribution >= 4 is 17.2 Å². The van der Waals surface area contributed by atoms with Crippen molar-refractivity contribution in [3.63, 3.8) is 0 Å². The predicted octanol–water partition coefficient (Wildman–Crippen LogP) is 2.28. The predicted molar refractivity (Wildman–Crippen MR) is 72.4 cm³/mol. The van der Waals surface area contributed by atoms with Crippen molar-refractivity contribution in [3.8, 4) is 0 Å². The van der Waals surface area contributed by atoms with E-state index in [-0.39, 0.29) is 24.7 Å². The fourth-order valence-corrected chi connectivity index (χ4v) is 2.35. The van der Waals surface area contributed by atoms with Crippen molar-refractivity contribution < 1.29 is 14.3 Å². The average Bonchev–Trinajstić information content (AvgIpc) is 2.93. The van der Waals surface area contributed by atoms with Crippen molar-refractivity contribution in [1.82, 2.24) is 5.32 Å². The molecule has 0 fully saturated rings. The number of hydrogen-bond acceptors (Lipinski definition) is 3. The van der Waals surface area contributed by atoms with Crippen molar-refractivity contribution in [1.29, 1.82) is 0 Å². The molecule has 0 bridgehead atoms. The SMILES string of the molecule is O=C(Cc1ccc(F)cc1)NC[C@@H](O)c1ccsc1. The summed E-state index contributed by atoms with van der Waals surface area (Å²) in [4.78, 5) is 11.7. The minimum atomic E-state index is -0.691. The second-order valence-corrected chi connectivity index (χ2v) is 4.96. The van der Waals surface area contributed by atoms with Gasteiger partial charge in [-0.2, -0.15) is 11.3 Å². The first-order valence-corrected chi connectivity index (χ1v) is 6.81. The number of aliphatic hydroxyl groups is 1. The van der Waals surface area contributed by atoms with Gasteiger partial charge in [0.05, 0.1) is 12.5 Å². The summed E-state index contributed by atoms with van der Waals surface area (Å²) in [5, 5.41) is 16.2. The molecule has 0 aliphatic heterocycles. The molecule has 0 radical (unpaired) electrons. The number of halogens is 1. The molecule has 0 aliphatic carbocycles. The summed E-state index contributed by atoms with van der Waals surface area (Å²) in [6, 6.07) is 7.61. The number of nitrogens with one attached hydrogen (secondary N) is 1. The Labute approximate surface area is 114 Å². The van der Waals surface area contributed by atoms with E-state index in [0.717, 1.165) is 11.1 Å². The number of rotatable bonds is 5. The van der Waals surface area contributed by atoms with E-state index in [1.54, 1.807) is 12.1 Å². The van der Waals surface area contributed by atoms with Crippen LogP contribution in [0.4, 0.5) is 4.39 Å². The summed E-state index contributed by atoms with van der Waals surface area (Å²) in [7, 11) is 0. The molecule has 1 aromatic carbocycles. The zero-order valence-electron chi connectivity index (χ0n) is 10.2. The standard InChI is InChI=1S/C14H14FNO2S/c15-12-3-1-10(2-4-12)7-14(18)16-8-13(17)11-5-6-19-9-11/h1-6,9,13,17H,7-8H2,(H,16,18)/t13-/m1/s1. The fraction of sp³-hybridized carbons (Fsp3) is 0.214. The molecule has 1 amide bonds. The Balaban J connectivity index is 1.80. The Bertz CT molecular complexity index is 525. The van der Waals surface area contributed by atoms with Crippen LogP contribution in [0.2, 0.25) is 0 Å². The third kappa shape index (κ3) is 4.15. The maximum atomic E-state index is 12.7. The fourth-order valence-electron chi connectivity index (χ4n) is 1.64. The molecule has 5 heteroatoms. The van der Waals surface area contributed by atoms with Gasteiger partial charge in [-0.15, -0.1) is 0 Å². The molecule has 0 unspecified atom stereocenters. The molecule has 2 N–H and O–H groups in total. The molecule has 3 nitrogen and oxygen atoms in total. The van der Waals surface area contributed by atoms with E-state index < -0.39 is 6.10 Å². The minimum absolute atomic E-state index is 0.177. The zero-order valence-corrected chi connectivity index (χ0v) is 11.0. The van der Waals surface area contributed by atoms with Gasteiger partial charge in [0.15, 0.2) is 0 Å². The van der Waals surface area contributed by atoms with Crippen LogP contribution in [0.1, 0.15) is 17.2 Å². The number of carbonyl (C=O) groups excluding carboxylic acids is 1. The third-order valence-electron chi connectivity index (χ3n) is 2.70. The largest absolute Gasteiger partial charge is 0.387 e. The van der Waals surface area contributed by atoms with Crippen LogP contribution in [0.3, 0.4) is 0 Å². The molecule has 0 aliphatic rings. The third-order valence-corrected chi connectivity index (χ3v) is 3.40. The van der Waals surface area contributed by atoms with Crippen LogP contribution in [-0.4, -0.2) is 17.6 Å². The molecular weight excluding hydrogens is 265 g/mol. The van der Waals surface area contributed by atoms with Crippen LogP contribution in [0.5, 0.6) is 0 Å². The second kappa shape index (κ2) is 6.45.